The van der Waals surface area contributed by atoms with E-state index in [0.717, 1.165) is 33.9 Å². The SMILES string of the molecule is Cc1ccc(N(c2ccc(/C=C/c3ccc(C=C4CCCCC4)cc3)cc2)c2c3ccccc3c3c4c2cccc4c2cccc4c(N(c5ccc(C)cc5)c5ccc(/C=C/c6ccc(C=C7CCCCC7)cc6)cc5)c5ccccc5c3c42)cc1. The highest BCUT2D eigenvalue weighted by molar-refractivity contribution is 6.46. The van der Waals surface area contributed by atoms with Crippen LogP contribution in [-0.4, -0.2) is 0 Å². The Bertz CT molecular complexity index is 4440. The maximum Gasteiger partial charge on any atom is 0.0619 e. The Labute approximate surface area is 506 Å². The van der Waals surface area contributed by atoms with E-state index in [9.17, 15) is 0 Å². The van der Waals surface area contributed by atoms with Gasteiger partial charge in [-0.3, -0.25) is 0 Å². The second kappa shape index (κ2) is 23.0. The van der Waals surface area contributed by atoms with E-state index in [1.54, 1.807) is 11.1 Å². The van der Waals surface area contributed by atoms with Crippen LogP contribution in [0.25, 0.3) is 101 Å². The molecule has 0 radical (unpaired) electrons. The Morgan fingerprint density at radius 1 is 0.244 bits per heavy atom. The summed E-state index contributed by atoms with van der Waals surface area (Å²) >= 11 is 0. The third kappa shape index (κ3) is 10.1. The van der Waals surface area contributed by atoms with Gasteiger partial charge in [0.1, 0.15) is 0 Å². The minimum atomic E-state index is 1.11. The summed E-state index contributed by atoms with van der Waals surface area (Å²) in [4.78, 5) is 5.01. The van der Waals surface area contributed by atoms with E-state index in [-0.39, 0.29) is 0 Å². The molecule has 2 fully saturated rings. The molecule has 2 aliphatic rings. The summed E-state index contributed by atoms with van der Waals surface area (Å²) in [6.07, 6.45) is 26.7. The number of fused-ring (bicyclic) bond motifs is 6. The second-order valence-electron chi connectivity index (χ2n) is 24.2. The molecule has 2 aliphatic carbocycles. The fraction of sp³-hybridized carbons (Fsp3) is 0.143. The topological polar surface area (TPSA) is 6.48 Å². The van der Waals surface area contributed by atoms with Gasteiger partial charge in [0, 0.05) is 55.1 Å². The quantitative estimate of drug-likeness (QED) is 0.0683. The molecule has 2 heteroatoms. The third-order valence-corrected chi connectivity index (χ3v) is 18.5. The first-order valence-electron chi connectivity index (χ1n) is 31.3. The summed E-state index contributed by atoms with van der Waals surface area (Å²) in [5.41, 5.74) is 19.8. The van der Waals surface area contributed by atoms with Crippen molar-refractivity contribution in [1.29, 1.82) is 0 Å². The average molecular weight is 1110 g/mol. The number of allylic oxidation sites excluding steroid dienone is 2. The van der Waals surface area contributed by atoms with Gasteiger partial charge in [-0.1, -0.05) is 254 Å². The highest BCUT2D eigenvalue weighted by Gasteiger charge is 2.28. The molecule has 0 aromatic heterocycles. The van der Waals surface area contributed by atoms with E-state index in [0.29, 0.717) is 0 Å². The van der Waals surface area contributed by atoms with Crippen molar-refractivity contribution in [2.75, 3.05) is 9.80 Å². The molecule has 0 N–H and O–H groups in total. The molecule has 86 heavy (non-hydrogen) atoms. The van der Waals surface area contributed by atoms with E-state index in [4.69, 9.17) is 0 Å². The number of nitrogens with zero attached hydrogens (tertiary/aromatic N) is 2. The molecular weight excluding hydrogens is 1040 g/mol. The summed E-state index contributed by atoms with van der Waals surface area (Å²) in [5, 5.41) is 15.0. The standard InChI is InChI=1S/C84H70N2/c1-57-27-47-67(48-28-57)85(69-51-43-61(44-52-69)33-31-59-35-39-65(40-36-59)55-63-15-5-3-6-16-63)83-75-21-11-9-19-73(75)81-79-71(23-13-25-77(79)83)72-24-14-26-78-80(72)82(81)74-20-10-12-22-76(74)84(78)86(68-49-29-58(2)30-50-68)70-53-45-62(46-54-70)34-32-60-37-41-66(42-38-60)56-64-17-7-4-8-18-64/h9-14,19-56H,3-8,15-18H2,1-2H3/b33-31+,34-32+. The summed E-state index contributed by atoms with van der Waals surface area (Å²) < 4.78 is 0. The van der Waals surface area contributed by atoms with Gasteiger partial charge in [0.05, 0.1) is 11.4 Å². The molecular formula is C84H70N2. The number of aryl methyl sites for hydroxylation is 2. The monoisotopic (exact) mass is 1110 g/mol. The zero-order valence-electron chi connectivity index (χ0n) is 49.4. The van der Waals surface area contributed by atoms with E-state index in [1.165, 1.54) is 174 Å². The number of hydrogen-bond acceptors (Lipinski definition) is 2. The van der Waals surface area contributed by atoms with Crippen molar-refractivity contribution < 1.29 is 0 Å². The summed E-state index contributed by atoms with van der Waals surface area (Å²) in [6.45, 7) is 4.35. The molecule has 13 aromatic carbocycles. The molecule has 0 atom stereocenters. The minimum absolute atomic E-state index is 1.11. The van der Waals surface area contributed by atoms with Gasteiger partial charge in [-0.05, 0) is 179 Å². The Balaban J connectivity index is 0.864. The van der Waals surface area contributed by atoms with Gasteiger partial charge in [-0.2, -0.15) is 0 Å². The highest BCUT2D eigenvalue weighted by atomic mass is 15.2. The average Bonchev–Trinajstić information content (AvgIpc) is 0.817. The van der Waals surface area contributed by atoms with Crippen LogP contribution in [0, 0.1) is 13.8 Å². The minimum Gasteiger partial charge on any atom is -0.309 e. The van der Waals surface area contributed by atoms with Crippen molar-refractivity contribution in [3.63, 3.8) is 0 Å². The maximum atomic E-state index is 2.50. The van der Waals surface area contributed by atoms with Gasteiger partial charge in [-0.25, -0.2) is 0 Å². The molecule has 0 bridgehead atoms. The van der Waals surface area contributed by atoms with E-state index in [2.05, 4.69) is 291 Å². The molecule has 0 heterocycles. The van der Waals surface area contributed by atoms with Crippen LogP contribution in [0.3, 0.4) is 0 Å². The van der Waals surface area contributed by atoms with Gasteiger partial charge >= 0.3 is 0 Å². The lowest BCUT2D eigenvalue weighted by atomic mass is 9.83. The van der Waals surface area contributed by atoms with Crippen LogP contribution in [-0.2, 0) is 0 Å². The van der Waals surface area contributed by atoms with E-state index < -0.39 is 0 Å². The predicted octanol–water partition coefficient (Wildman–Crippen LogP) is 24.6. The summed E-state index contributed by atoms with van der Waals surface area (Å²) in [7, 11) is 0. The van der Waals surface area contributed by atoms with Crippen LogP contribution >= 0.6 is 0 Å². The third-order valence-electron chi connectivity index (χ3n) is 18.5. The van der Waals surface area contributed by atoms with Crippen molar-refractivity contribution in [2.45, 2.75) is 78.1 Å². The van der Waals surface area contributed by atoms with Crippen LogP contribution in [0.2, 0.25) is 0 Å². The first kappa shape index (κ1) is 53.0. The summed E-state index contributed by atoms with van der Waals surface area (Å²) in [5.74, 6) is 0. The van der Waals surface area contributed by atoms with Crippen LogP contribution in [0.5, 0.6) is 0 Å². The Kier molecular flexibility index (Phi) is 14.2. The molecule has 416 valence electrons. The highest BCUT2D eigenvalue weighted by Crippen LogP contribution is 2.55. The zero-order valence-corrected chi connectivity index (χ0v) is 49.4. The lowest BCUT2D eigenvalue weighted by molar-refractivity contribution is 0.602. The van der Waals surface area contributed by atoms with Crippen molar-refractivity contribution in [2.24, 2.45) is 0 Å². The van der Waals surface area contributed by atoms with Crippen LogP contribution in [0.4, 0.5) is 34.1 Å². The van der Waals surface area contributed by atoms with Crippen LogP contribution < -0.4 is 9.80 Å². The largest absolute Gasteiger partial charge is 0.309 e. The Morgan fingerprint density at radius 2 is 0.512 bits per heavy atom. The number of rotatable bonds is 12. The van der Waals surface area contributed by atoms with Gasteiger partial charge in [0.15, 0.2) is 0 Å². The lowest BCUT2D eigenvalue weighted by Gasteiger charge is -2.31. The second-order valence-corrected chi connectivity index (χ2v) is 24.2. The fourth-order valence-corrected chi connectivity index (χ4v) is 14.1. The summed E-state index contributed by atoms with van der Waals surface area (Å²) in [6, 6.07) is 86.8. The molecule has 0 saturated heterocycles. The molecule has 15 rings (SSSR count). The first-order chi connectivity index (χ1) is 42.5. The van der Waals surface area contributed by atoms with Crippen LogP contribution in [0.15, 0.2) is 242 Å². The van der Waals surface area contributed by atoms with Gasteiger partial charge < -0.3 is 9.80 Å². The molecule has 13 aromatic rings. The van der Waals surface area contributed by atoms with Crippen molar-refractivity contribution in [3.05, 3.63) is 286 Å². The number of benzene rings is 13. The first-order valence-corrected chi connectivity index (χ1v) is 31.3. The van der Waals surface area contributed by atoms with Gasteiger partial charge in [-0.15, -0.1) is 0 Å². The lowest BCUT2D eigenvalue weighted by Crippen LogP contribution is -2.12. The molecule has 0 amide bonds. The van der Waals surface area contributed by atoms with Crippen molar-refractivity contribution in [1.82, 2.24) is 0 Å². The Morgan fingerprint density at radius 3 is 0.860 bits per heavy atom. The van der Waals surface area contributed by atoms with Crippen molar-refractivity contribution >= 4 is 135 Å². The smallest absolute Gasteiger partial charge is 0.0619 e. The Hall–Kier alpha value is -9.76. The number of hydrogen-bond donors (Lipinski definition) is 0. The predicted molar refractivity (Wildman–Crippen MR) is 374 cm³/mol. The molecule has 0 aliphatic heterocycles. The fourth-order valence-electron chi connectivity index (χ4n) is 14.1. The normalized spacial score (nSPS) is 14.0. The van der Waals surface area contributed by atoms with Gasteiger partial charge in [0.2, 0.25) is 0 Å². The van der Waals surface area contributed by atoms with Crippen molar-refractivity contribution in [3.8, 4) is 0 Å². The zero-order chi connectivity index (χ0) is 57.5. The van der Waals surface area contributed by atoms with E-state index in [1.807, 2.05) is 0 Å². The molecule has 2 saturated carbocycles. The van der Waals surface area contributed by atoms with Gasteiger partial charge in [0.25, 0.3) is 0 Å². The molecule has 0 spiro atoms. The van der Waals surface area contributed by atoms with Crippen LogP contribution in [0.1, 0.15) is 109 Å². The number of anilines is 6. The maximum absolute atomic E-state index is 2.50. The van der Waals surface area contributed by atoms with E-state index >= 15 is 0 Å². The molecule has 2 nitrogen and oxygen atoms in total. The molecule has 0 unspecified atom stereocenters.